The molecular weight excluding hydrogens is 358 g/mol. The minimum Gasteiger partial charge on any atom is -0.378 e. The Morgan fingerprint density at radius 1 is 1.27 bits per heavy atom. The van der Waals surface area contributed by atoms with Gasteiger partial charge in [0.2, 0.25) is 5.91 Å². The third-order valence-corrected chi connectivity index (χ3v) is 4.73. The van der Waals surface area contributed by atoms with Crippen molar-refractivity contribution in [3.8, 4) is 0 Å². The highest BCUT2D eigenvalue weighted by Gasteiger charge is 2.19. The van der Waals surface area contributed by atoms with Gasteiger partial charge in [0, 0.05) is 26.2 Å². The summed E-state index contributed by atoms with van der Waals surface area (Å²) in [4.78, 5) is 38.6. The van der Waals surface area contributed by atoms with Gasteiger partial charge < -0.3 is 20.3 Å². The molecule has 0 spiro atoms. The number of hydrogen-bond donors (Lipinski definition) is 2. The standard InChI is InChI=1S/C16H19N5O4S/c1-20-13(18-16(24)12-3-2-8-26-12)9-11(19-20)15(23)17-10-14(22)21-4-6-25-7-5-21/h2-3,8-9H,4-7,10H2,1H3,(H,17,23)(H,18,24). The second kappa shape index (κ2) is 8.11. The SMILES string of the molecule is Cn1nc(C(=O)NCC(=O)N2CCOCC2)cc1NC(=O)c1cccs1. The van der Waals surface area contributed by atoms with Crippen LogP contribution in [0.4, 0.5) is 5.82 Å². The summed E-state index contributed by atoms with van der Waals surface area (Å²) in [6.45, 7) is 1.96. The third-order valence-electron chi connectivity index (χ3n) is 3.86. The normalized spacial score (nSPS) is 14.1. The van der Waals surface area contributed by atoms with E-state index in [1.54, 1.807) is 24.1 Å². The van der Waals surface area contributed by atoms with Crippen LogP contribution in [0.25, 0.3) is 0 Å². The summed E-state index contributed by atoms with van der Waals surface area (Å²) in [6, 6.07) is 4.97. The topological polar surface area (TPSA) is 106 Å². The number of morpholine rings is 1. The summed E-state index contributed by atoms with van der Waals surface area (Å²) in [7, 11) is 1.62. The number of carbonyl (C=O) groups is 3. The molecule has 2 aromatic rings. The zero-order valence-corrected chi connectivity index (χ0v) is 15.0. The Kier molecular flexibility index (Phi) is 5.64. The molecule has 1 fully saturated rings. The van der Waals surface area contributed by atoms with E-state index >= 15 is 0 Å². The molecule has 0 radical (unpaired) electrons. The van der Waals surface area contributed by atoms with E-state index in [1.165, 1.54) is 22.1 Å². The number of rotatable bonds is 5. The molecule has 2 aromatic heterocycles. The quantitative estimate of drug-likeness (QED) is 0.781. The average molecular weight is 377 g/mol. The van der Waals surface area contributed by atoms with E-state index in [4.69, 9.17) is 4.74 Å². The molecule has 1 aliphatic heterocycles. The minimum atomic E-state index is -0.473. The molecule has 0 unspecified atom stereocenters. The molecule has 0 bridgehead atoms. The van der Waals surface area contributed by atoms with Gasteiger partial charge in [0.05, 0.1) is 24.6 Å². The van der Waals surface area contributed by atoms with Gasteiger partial charge in [-0.1, -0.05) is 6.07 Å². The fourth-order valence-corrected chi connectivity index (χ4v) is 3.07. The second-order valence-electron chi connectivity index (χ2n) is 5.65. The second-order valence-corrected chi connectivity index (χ2v) is 6.59. The molecule has 3 heterocycles. The van der Waals surface area contributed by atoms with Crippen LogP contribution in [0.2, 0.25) is 0 Å². The van der Waals surface area contributed by atoms with Crippen LogP contribution in [-0.2, 0) is 16.6 Å². The highest BCUT2D eigenvalue weighted by molar-refractivity contribution is 7.12. The van der Waals surface area contributed by atoms with E-state index in [0.29, 0.717) is 37.0 Å². The number of thiophene rings is 1. The molecule has 1 saturated heterocycles. The van der Waals surface area contributed by atoms with Gasteiger partial charge >= 0.3 is 0 Å². The first-order chi connectivity index (χ1) is 12.5. The first kappa shape index (κ1) is 18.1. The van der Waals surface area contributed by atoms with Crippen molar-refractivity contribution < 1.29 is 19.1 Å². The fraction of sp³-hybridized carbons (Fsp3) is 0.375. The number of aryl methyl sites for hydroxylation is 1. The Labute approximate surface area is 153 Å². The van der Waals surface area contributed by atoms with Gasteiger partial charge in [-0.05, 0) is 11.4 Å². The van der Waals surface area contributed by atoms with Gasteiger partial charge in [0.25, 0.3) is 11.8 Å². The monoisotopic (exact) mass is 377 g/mol. The number of nitrogens with one attached hydrogen (secondary N) is 2. The van der Waals surface area contributed by atoms with Crippen molar-refractivity contribution in [1.29, 1.82) is 0 Å². The predicted molar refractivity (Wildman–Crippen MR) is 95.2 cm³/mol. The first-order valence-electron chi connectivity index (χ1n) is 8.07. The maximum absolute atomic E-state index is 12.2. The largest absolute Gasteiger partial charge is 0.378 e. The first-order valence-corrected chi connectivity index (χ1v) is 8.95. The van der Waals surface area contributed by atoms with Gasteiger partial charge in [0.1, 0.15) is 5.82 Å². The Hall–Kier alpha value is -2.72. The lowest BCUT2D eigenvalue weighted by molar-refractivity contribution is -0.134. The summed E-state index contributed by atoms with van der Waals surface area (Å²) >= 11 is 1.32. The molecule has 0 saturated carbocycles. The van der Waals surface area contributed by atoms with Crippen LogP contribution in [0.15, 0.2) is 23.6 Å². The average Bonchev–Trinajstić information content (AvgIpc) is 3.31. The summed E-state index contributed by atoms with van der Waals surface area (Å²) < 4.78 is 6.60. The van der Waals surface area contributed by atoms with E-state index in [1.807, 2.05) is 5.38 Å². The van der Waals surface area contributed by atoms with Crippen LogP contribution in [0.5, 0.6) is 0 Å². The molecule has 3 rings (SSSR count). The van der Waals surface area contributed by atoms with Crippen LogP contribution in [0, 0.1) is 0 Å². The highest BCUT2D eigenvalue weighted by atomic mass is 32.1. The molecule has 138 valence electrons. The highest BCUT2D eigenvalue weighted by Crippen LogP contribution is 2.14. The van der Waals surface area contributed by atoms with Crippen molar-refractivity contribution in [3.63, 3.8) is 0 Å². The van der Waals surface area contributed by atoms with Crippen molar-refractivity contribution in [2.75, 3.05) is 38.2 Å². The van der Waals surface area contributed by atoms with Crippen molar-refractivity contribution in [2.24, 2.45) is 7.05 Å². The Balaban J connectivity index is 1.56. The van der Waals surface area contributed by atoms with Crippen LogP contribution in [0.1, 0.15) is 20.2 Å². The van der Waals surface area contributed by atoms with Crippen LogP contribution in [-0.4, -0.2) is 65.2 Å². The number of nitrogens with zero attached hydrogens (tertiary/aromatic N) is 3. The van der Waals surface area contributed by atoms with Crippen LogP contribution >= 0.6 is 11.3 Å². The lowest BCUT2D eigenvalue weighted by Crippen LogP contribution is -2.45. The summed E-state index contributed by atoms with van der Waals surface area (Å²) in [5.74, 6) is -0.506. The number of anilines is 1. The molecule has 0 atom stereocenters. The van der Waals surface area contributed by atoms with Crippen molar-refractivity contribution >= 4 is 34.9 Å². The minimum absolute atomic E-state index is 0.105. The predicted octanol–water partition coefficient (Wildman–Crippen LogP) is 0.322. The number of carbonyl (C=O) groups excluding carboxylic acids is 3. The molecule has 10 heteroatoms. The number of aromatic nitrogens is 2. The van der Waals surface area contributed by atoms with E-state index < -0.39 is 5.91 Å². The molecule has 0 aliphatic carbocycles. The number of ether oxygens (including phenoxy) is 1. The molecular formula is C16H19N5O4S. The third kappa shape index (κ3) is 4.27. The van der Waals surface area contributed by atoms with Gasteiger partial charge in [-0.2, -0.15) is 5.10 Å². The Morgan fingerprint density at radius 2 is 2.04 bits per heavy atom. The van der Waals surface area contributed by atoms with E-state index in [9.17, 15) is 14.4 Å². The van der Waals surface area contributed by atoms with Gasteiger partial charge in [0.15, 0.2) is 5.69 Å². The van der Waals surface area contributed by atoms with Crippen LogP contribution < -0.4 is 10.6 Å². The van der Waals surface area contributed by atoms with Crippen molar-refractivity contribution in [2.45, 2.75) is 0 Å². The van der Waals surface area contributed by atoms with Gasteiger partial charge in [-0.15, -0.1) is 11.3 Å². The van der Waals surface area contributed by atoms with Gasteiger partial charge in [-0.25, -0.2) is 0 Å². The fourth-order valence-electron chi connectivity index (χ4n) is 2.45. The van der Waals surface area contributed by atoms with Gasteiger partial charge in [-0.3, -0.25) is 19.1 Å². The lowest BCUT2D eigenvalue weighted by atomic mass is 10.3. The maximum Gasteiger partial charge on any atom is 0.272 e. The smallest absolute Gasteiger partial charge is 0.272 e. The summed E-state index contributed by atoms with van der Waals surface area (Å²) in [6.07, 6.45) is 0. The van der Waals surface area contributed by atoms with E-state index in [0.717, 1.165) is 0 Å². The van der Waals surface area contributed by atoms with E-state index in [2.05, 4.69) is 15.7 Å². The molecule has 2 N–H and O–H groups in total. The number of hydrogen-bond acceptors (Lipinski definition) is 6. The Morgan fingerprint density at radius 3 is 2.73 bits per heavy atom. The van der Waals surface area contributed by atoms with Crippen molar-refractivity contribution in [3.05, 3.63) is 34.2 Å². The molecule has 3 amide bonds. The zero-order chi connectivity index (χ0) is 18.5. The maximum atomic E-state index is 12.2. The molecule has 9 nitrogen and oxygen atoms in total. The molecule has 1 aliphatic rings. The molecule has 26 heavy (non-hydrogen) atoms. The van der Waals surface area contributed by atoms with Crippen LogP contribution in [0.3, 0.4) is 0 Å². The zero-order valence-electron chi connectivity index (χ0n) is 14.2. The summed E-state index contributed by atoms with van der Waals surface area (Å²) in [5.41, 5.74) is 0.128. The van der Waals surface area contributed by atoms with Crippen molar-refractivity contribution in [1.82, 2.24) is 20.0 Å². The van der Waals surface area contributed by atoms with E-state index in [-0.39, 0.29) is 24.1 Å². The number of amides is 3. The summed E-state index contributed by atoms with van der Waals surface area (Å²) in [5, 5.41) is 11.2. The Bertz CT molecular complexity index is 796. The molecule has 0 aromatic carbocycles. The lowest BCUT2D eigenvalue weighted by Gasteiger charge is -2.26.